The number of benzene rings is 1. The molecule has 0 aliphatic carbocycles. The highest BCUT2D eigenvalue weighted by Crippen LogP contribution is 2.34. The van der Waals surface area contributed by atoms with E-state index in [4.69, 9.17) is 11.6 Å². The molecule has 0 saturated heterocycles. The first-order chi connectivity index (χ1) is 6.70. The topological polar surface area (TPSA) is 41.1 Å². The number of carbonyl (C=O) groups is 1. The Labute approximate surface area is 87.4 Å². The van der Waals surface area contributed by atoms with Crippen LogP contribution in [-0.4, -0.2) is 12.5 Å². The van der Waals surface area contributed by atoms with E-state index in [0.717, 1.165) is 23.5 Å². The second kappa shape index (κ2) is 3.50. The lowest BCUT2D eigenvalue weighted by Crippen LogP contribution is -2.03. The van der Waals surface area contributed by atoms with Crippen LogP contribution in [0, 0.1) is 0 Å². The van der Waals surface area contributed by atoms with Crippen LogP contribution in [-0.2, 0) is 11.2 Å². The zero-order valence-corrected chi connectivity index (χ0v) is 8.61. The second-order valence-corrected chi connectivity index (χ2v) is 3.65. The van der Waals surface area contributed by atoms with E-state index in [2.05, 4.69) is 10.6 Å². The molecule has 1 heterocycles. The number of anilines is 2. The van der Waals surface area contributed by atoms with E-state index in [9.17, 15) is 4.79 Å². The largest absolute Gasteiger partial charge is 0.385 e. The lowest BCUT2D eigenvalue weighted by Gasteiger charge is -2.07. The third-order valence-corrected chi connectivity index (χ3v) is 2.47. The number of carbonyl (C=O) groups excluding carboxylic acids is 1. The van der Waals surface area contributed by atoms with Gasteiger partial charge in [0.2, 0.25) is 5.91 Å². The number of hydrogen-bond donors (Lipinski definition) is 2. The highest BCUT2D eigenvalue weighted by molar-refractivity contribution is 6.34. The number of nitrogens with one attached hydrogen (secondary N) is 2. The summed E-state index contributed by atoms with van der Waals surface area (Å²) in [6.45, 7) is 2.86. The number of fused-ring (bicyclic) bond motifs is 1. The summed E-state index contributed by atoms with van der Waals surface area (Å²) in [5.74, 6) is 0.00977. The van der Waals surface area contributed by atoms with Crippen molar-refractivity contribution in [1.82, 2.24) is 0 Å². The van der Waals surface area contributed by atoms with Gasteiger partial charge in [0, 0.05) is 12.2 Å². The molecule has 1 amide bonds. The maximum absolute atomic E-state index is 11.1. The Kier molecular flexibility index (Phi) is 2.33. The smallest absolute Gasteiger partial charge is 0.228 e. The van der Waals surface area contributed by atoms with Crippen molar-refractivity contribution in [2.24, 2.45) is 0 Å². The van der Waals surface area contributed by atoms with E-state index in [-0.39, 0.29) is 5.91 Å². The molecule has 3 nitrogen and oxygen atoms in total. The summed E-state index contributed by atoms with van der Waals surface area (Å²) in [6, 6.07) is 3.79. The van der Waals surface area contributed by atoms with E-state index >= 15 is 0 Å². The third kappa shape index (κ3) is 1.55. The van der Waals surface area contributed by atoms with E-state index in [1.807, 2.05) is 19.1 Å². The molecule has 0 atom stereocenters. The fourth-order valence-electron chi connectivity index (χ4n) is 1.61. The number of halogens is 1. The van der Waals surface area contributed by atoms with Crippen molar-refractivity contribution >= 4 is 28.9 Å². The minimum absolute atomic E-state index is 0.00977. The molecule has 0 spiro atoms. The van der Waals surface area contributed by atoms with E-state index in [0.29, 0.717) is 11.4 Å². The van der Waals surface area contributed by atoms with Crippen molar-refractivity contribution in [1.29, 1.82) is 0 Å². The van der Waals surface area contributed by atoms with Gasteiger partial charge < -0.3 is 10.6 Å². The first-order valence-electron chi connectivity index (χ1n) is 4.57. The molecule has 1 aromatic carbocycles. The van der Waals surface area contributed by atoms with Crippen molar-refractivity contribution < 1.29 is 4.79 Å². The molecular weight excluding hydrogens is 200 g/mol. The van der Waals surface area contributed by atoms with E-state index < -0.39 is 0 Å². The summed E-state index contributed by atoms with van der Waals surface area (Å²) in [4.78, 5) is 11.1. The molecule has 0 unspecified atom stereocenters. The molecule has 0 radical (unpaired) electrons. The fraction of sp³-hybridized carbons (Fsp3) is 0.300. The maximum atomic E-state index is 11.1. The lowest BCUT2D eigenvalue weighted by molar-refractivity contribution is -0.115. The van der Waals surface area contributed by atoms with Gasteiger partial charge in [-0.3, -0.25) is 4.79 Å². The van der Waals surface area contributed by atoms with Crippen LogP contribution in [0.15, 0.2) is 12.1 Å². The maximum Gasteiger partial charge on any atom is 0.228 e. The minimum atomic E-state index is 0.00977. The van der Waals surface area contributed by atoms with Crippen LogP contribution < -0.4 is 10.6 Å². The minimum Gasteiger partial charge on any atom is -0.385 e. The molecule has 2 N–H and O–H groups in total. The SMILES string of the molecule is CCNc1cc(Cl)c2c(c1)CC(=O)N2. The molecule has 1 aliphatic heterocycles. The van der Waals surface area contributed by atoms with Crippen molar-refractivity contribution in [2.45, 2.75) is 13.3 Å². The Morgan fingerprint density at radius 2 is 2.36 bits per heavy atom. The third-order valence-electron chi connectivity index (χ3n) is 2.17. The zero-order chi connectivity index (χ0) is 10.1. The Morgan fingerprint density at radius 3 is 3.07 bits per heavy atom. The second-order valence-electron chi connectivity index (χ2n) is 3.25. The van der Waals surface area contributed by atoms with Gasteiger partial charge in [0.05, 0.1) is 17.1 Å². The highest BCUT2D eigenvalue weighted by Gasteiger charge is 2.20. The number of amides is 1. The van der Waals surface area contributed by atoms with Crippen molar-refractivity contribution in [2.75, 3.05) is 17.2 Å². The normalized spacial score (nSPS) is 13.7. The molecule has 0 bridgehead atoms. The van der Waals surface area contributed by atoms with Gasteiger partial charge in [-0.05, 0) is 24.6 Å². The Bertz CT molecular complexity index is 390. The molecule has 1 aromatic rings. The Morgan fingerprint density at radius 1 is 1.57 bits per heavy atom. The summed E-state index contributed by atoms with van der Waals surface area (Å²) in [7, 11) is 0. The first kappa shape index (κ1) is 9.34. The van der Waals surface area contributed by atoms with Crippen LogP contribution in [0.1, 0.15) is 12.5 Å². The van der Waals surface area contributed by atoms with Gasteiger partial charge in [0.25, 0.3) is 0 Å². The average molecular weight is 211 g/mol. The lowest BCUT2D eigenvalue weighted by atomic mass is 10.1. The molecular formula is C10H11ClN2O. The molecule has 0 aromatic heterocycles. The predicted molar refractivity (Wildman–Crippen MR) is 57.9 cm³/mol. The summed E-state index contributed by atoms with van der Waals surface area (Å²) in [6.07, 6.45) is 0.425. The van der Waals surface area contributed by atoms with Crippen molar-refractivity contribution in [3.8, 4) is 0 Å². The van der Waals surface area contributed by atoms with Crippen LogP contribution >= 0.6 is 11.6 Å². The van der Waals surface area contributed by atoms with Gasteiger partial charge in [-0.15, -0.1) is 0 Å². The number of rotatable bonds is 2. The van der Waals surface area contributed by atoms with Crippen LogP contribution in [0.4, 0.5) is 11.4 Å². The summed E-state index contributed by atoms with van der Waals surface area (Å²) >= 11 is 6.02. The fourth-order valence-corrected chi connectivity index (χ4v) is 1.89. The molecule has 0 fully saturated rings. The van der Waals surface area contributed by atoms with Gasteiger partial charge in [-0.1, -0.05) is 11.6 Å². The molecule has 4 heteroatoms. The monoisotopic (exact) mass is 210 g/mol. The highest BCUT2D eigenvalue weighted by atomic mass is 35.5. The van der Waals surface area contributed by atoms with Gasteiger partial charge in [-0.2, -0.15) is 0 Å². The van der Waals surface area contributed by atoms with Crippen LogP contribution in [0.2, 0.25) is 5.02 Å². The Balaban J connectivity index is 2.40. The van der Waals surface area contributed by atoms with Gasteiger partial charge in [-0.25, -0.2) is 0 Å². The molecule has 0 saturated carbocycles. The molecule has 2 rings (SSSR count). The predicted octanol–water partition coefficient (Wildman–Crippen LogP) is 2.27. The van der Waals surface area contributed by atoms with Crippen molar-refractivity contribution in [3.05, 3.63) is 22.7 Å². The van der Waals surface area contributed by atoms with Crippen LogP contribution in [0.25, 0.3) is 0 Å². The quantitative estimate of drug-likeness (QED) is 0.786. The Hall–Kier alpha value is -1.22. The molecule has 14 heavy (non-hydrogen) atoms. The summed E-state index contributed by atoms with van der Waals surface area (Å²) < 4.78 is 0. The van der Waals surface area contributed by atoms with Gasteiger partial charge in [0.1, 0.15) is 0 Å². The van der Waals surface area contributed by atoms with Gasteiger partial charge in [0.15, 0.2) is 0 Å². The summed E-state index contributed by atoms with van der Waals surface area (Å²) in [5, 5.41) is 6.51. The van der Waals surface area contributed by atoms with Crippen molar-refractivity contribution in [3.63, 3.8) is 0 Å². The van der Waals surface area contributed by atoms with Gasteiger partial charge >= 0.3 is 0 Å². The summed E-state index contributed by atoms with van der Waals surface area (Å²) in [5.41, 5.74) is 2.70. The van der Waals surface area contributed by atoms with E-state index in [1.54, 1.807) is 0 Å². The van der Waals surface area contributed by atoms with Crippen LogP contribution in [0.3, 0.4) is 0 Å². The van der Waals surface area contributed by atoms with Crippen LogP contribution in [0.5, 0.6) is 0 Å². The number of hydrogen-bond acceptors (Lipinski definition) is 2. The standard InChI is InChI=1S/C10H11ClN2O/c1-2-12-7-3-6-4-9(14)13-10(6)8(11)5-7/h3,5,12H,2,4H2,1H3,(H,13,14). The molecule has 74 valence electrons. The first-order valence-corrected chi connectivity index (χ1v) is 4.94. The van der Waals surface area contributed by atoms with E-state index in [1.165, 1.54) is 0 Å². The average Bonchev–Trinajstić information content (AvgIpc) is 2.47. The zero-order valence-electron chi connectivity index (χ0n) is 7.86. The molecule has 1 aliphatic rings.